The molecular formula is C33H49N7O3S. The number of nitrogens with one attached hydrogen (secondary N) is 2. The van der Waals surface area contributed by atoms with Crippen molar-refractivity contribution in [2.45, 2.75) is 76.9 Å². The fraction of sp³-hybridized carbons (Fsp3) is 0.636. The van der Waals surface area contributed by atoms with Crippen LogP contribution in [0.1, 0.15) is 59.8 Å². The maximum absolute atomic E-state index is 13.8. The van der Waals surface area contributed by atoms with E-state index in [2.05, 4.69) is 63.7 Å². The lowest BCUT2D eigenvalue weighted by molar-refractivity contribution is 0.0874. The first kappa shape index (κ1) is 31.1. The van der Waals surface area contributed by atoms with Gasteiger partial charge in [-0.2, -0.15) is 0 Å². The van der Waals surface area contributed by atoms with E-state index < -0.39 is 15.6 Å². The van der Waals surface area contributed by atoms with Crippen molar-refractivity contribution in [2.75, 3.05) is 60.2 Å². The van der Waals surface area contributed by atoms with Crippen LogP contribution < -0.4 is 24.7 Å². The van der Waals surface area contributed by atoms with Crippen molar-refractivity contribution in [3.8, 4) is 0 Å². The summed E-state index contributed by atoms with van der Waals surface area (Å²) in [4.78, 5) is 27.7. The third kappa shape index (κ3) is 6.70. The molecule has 2 amide bonds. The molecule has 2 bridgehead atoms. The number of pyridine rings is 1. The van der Waals surface area contributed by atoms with E-state index in [1.807, 2.05) is 36.2 Å². The number of anilines is 4. The van der Waals surface area contributed by atoms with Crippen LogP contribution in [0, 0.1) is 11.8 Å². The molecule has 2 aromatic rings. The van der Waals surface area contributed by atoms with Gasteiger partial charge >= 0.3 is 6.03 Å². The summed E-state index contributed by atoms with van der Waals surface area (Å²) in [6.07, 6.45) is 7.77. The number of aromatic nitrogens is 1. The first-order valence-corrected chi connectivity index (χ1v) is 18.1. The molecule has 1 saturated heterocycles. The zero-order chi connectivity index (χ0) is 31.3. The Labute approximate surface area is 263 Å². The van der Waals surface area contributed by atoms with Gasteiger partial charge in [0.05, 0.1) is 29.5 Å². The second kappa shape index (κ2) is 11.8. The highest BCUT2D eigenvalue weighted by Gasteiger charge is 2.45. The number of urea groups is 1. The third-order valence-electron chi connectivity index (χ3n) is 10.1. The van der Waals surface area contributed by atoms with Crippen LogP contribution in [0.3, 0.4) is 0 Å². The Morgan fingerprint density at radius 3 is 2.34 bits per heavy atom. The van der Waals surface area contributed by atoms with Crippen LogP contribution in [0.15, 0.2) is 42.6 Å². The second-order valence-corrected chi connectivity index (χ2v) is 16.4. The summed E-state index contributed by atoms with van der Waals surface area (Å²) in [7, 11) is -3.31. The predicted octanol–water partition coefficient (Wildman–Crippen LogP) is 4.56. The van der Waals surface area contributed by atoms with Gasteiger partial charge in [0.15, 0.2) is 0 Å². The number of nitrogens with zero attached hydrogens (tertiary/aromatic N) is 5. The molecule has 44 heavy (non-hydrogen) atoms. The zero-order valence-corrected chi connectivity index (χ0v) is 27.7. The van der Waals surface area contributed by atoms with Crippen molar-refractivity contribution in [1.82, 2.24) is 19.9 Å². The van der Waals surface area contributed by atoms with Crippen molar-refractivity contribution < 1.29 is 13.2 Å². The molecule has 4 aliphatic rings. The van der Waals surface area contributed by atoms with Gasteiger partial charge in [0.25, 0.3) is 0 Å². The Balaban J connectivity index is 1.12. The lowest BCUT2D eigenvalue weighted by Gasteiger charge is -2.49. The number of benzene rings is 1. The molecule has 6 rings (SSSR count). The first-order chi connectivity index (χ1) is 20.8. The van der Waals surface area contributed by atoms with E-state index in [1.54, 1.807) is 0 Å². The minimum Gasteiger partial charge on any atom is -0.368 e. The molecule has 1 aromatic heterocycles. The van der Waals surface area contributed by atoms with Crippen LogP contribution >= 0.6 is 0 Å². The molecule has 2 N–H and O–H groups in total. The molecule has 2 unspecified atom stereocenters. The summed E-state index contributed by atoms with van der Waals surface area (Å²) in [5, 5.41) is 3.36. The first-order valence-electron chi connectivity index (χ1n) is 16.2. The van der Waals surface area contributed by atoms with Crippen LogP contribution in [0.2, 0.25) is 0 Å². The summed E-state index contributed by atoms with van der Waals surface area (Å²) < 4.78 is 27.0. The lowest BCUT2D eigenvalue weighted by atomic mass is 9.64. The molecule has 2 aliphatic carbocycles. The van der Waals surface area contributed by atoms with E-state index in [4.69, 9.17) is 4.98 Å². The Morgan fingerprint density at radius 2 is 1.68 bits per heavy atom. The van der Waals surface area contributed by atoms with Crippen LogP contribution in [0.25, 0.3) is 0 Å². The zero-order valence-electron chi connectivity index (χ0n) is 26.9. The van der Waals surface area contributed by atoms with Crippen molar-refractivity contribution in [3.63, 3.8) is 0 Å². The Bertz CT molecular complexity index is 1450. The fourth-order valence-corrected chi connectivity index (χ4v) is 9.26. The maximum atomic E-state index is 13.8. The number of fused-ring (bicyclic) bond motifs is 3. The number of carbonyl (C=O) groups excluding carboxylic acids is 1. The lowest BCUT2D eigenvalue weighted by Crippen LogP contribution is -2.58. The molecule has 0 spiro atoms. The van der Waals surface area contributed by atoms with Gasteiger partial charge in [0.2, 0.25) is 10.0 Å². The van der Waals surface area contributed by atoms with Gasteiger partial charge in [0, 0.05) is 56.4 Å². The monoisotopic (exact) mass is 623 g/mol. The number of amides is 2. The highest BCUT2D eigenvalue weighted by atomic mass is 32.2. The Kier molecular flexibility index (Phi) is 8.34. The molecule has 2 aliphatic heterocycles. The molecule has 4 atom stereocenters. The number of sulfonamides is 1. The van der Waals surface area contributed by atoms with Gasteiger partial charge in [0.1, 0.15) is 5.82 Å². The van der Waals surface area contributed by atoms with E-state index in [0.29, 0.717) is 19.0 Å². The molecule has 10 nitrogen and oxygen atoms in total. The Hall–Kier alpha value is -2.89. The van der Waals surface area contributed by atoms with Crippen molar-refractivity contribution in [1.29, 1.82) is 0 Å². The van der Waals surface area contributed by atoms with Crippen molar-refractivity contribution in [2.24, 2.45) is 11.8 Å². The summed E-state index contributed by atoms with van der Waals surface area (Å²) in [5.41, 5.74) is 2.72. The summed E-state index contributed by atoms with van der Waals surface area (Å²) in [6.45, 7) is 14.1. The average molecular weight is 624 g/mol. The highest BCUT2D eigenvalue weighted by Crippen LogP contribution is 2.45. The summed E-state index contributed by atoms with van der Waals surface area (Å²) in [5.74, 6) is 1.62. The number of para-hydroxylation sites is 2. The largest absolute Gasteiger partial charge is 0.368 e. The normalized spacial score (nSPS) is 28.0. The fourth-order valence-electron chi connectivity index (χ4n) is 8.20. The molecule has 11 heteroatoms. The number of hydrogen-bond donors (Lipinski definition) is 2. The van der Waals surface area contributed by atoms with Crippen LogP contribution in [0.5, 0.6) is 0 Å². The van der Waals surface area contributed by atoms with Crippen molar-refractivity contribution >= 4 is 38.9 Å². The number of rotatable bonds is 5. The van der Waals surface area contributed by atoms with Gasteiger partial charge in [-0.15, -0.1) is 0 Å². The molecule has 1 aromatic carbocycles. The molecule has 240 valence electrons. The van der Waals surface area contributed by atoms with E-state index in [-0.39, 0.29) is 23.5 Å². The van der Waals surface area contributed by atoms with E-state index in [1.165, 1.54) is 6.26 Å². The number of piperazine rings is 1. The summed E-state index contributed by atoms with van der Waals surface area (Å²) >= 11 is 0. The van der Waals surface area contributed by atoms with Crippen LogP contribution in [0.4, 0.5) is 27.7 Å². The van der Waals surface area contributed by atoms with Gasteiger partial charge in [-0.1, -0.05) is 12.1 Å². The maximum Gasteiger partial charge on any atom is 0.322 e. The quantitative estimate of drug-likeness (QED) is 0.504. The van der Waals surface area contributed by atoms with E-state index in [0.717, 1.165) is 81.2 Å². The van der Waals surface area contributed by atoms with Crippen molar-refractivity contribution in [3.05, 3.63) is 42.6 Å². The average Bonchev–Trinajstić information content (AvgIpc) is 2.96. The van der Waals surface area contributed by atoms with E-state index >= 15 is 0 Å². The molecule has 3 fully saturated rings. The van der Waals surface area contributed by atoms with Gasteiger partial charge in [-0.25, -0.2) is 22.9 Å². The standard InChI is InChI=1S/C33H49N7O3S/c1-32(2,3)38-16-14-37(15-17-38)26-11-13-30(34-23-26)39-18-19-40(29-9-7-6-8-28(29)39)31(41)35-27-12-10-24-20-25(27)22-33(4,21-24)36-44(5,42)43/h6-9,11,13,23-25,27,36H,10,12,14-22H2,1-5H3,(H,35,41)/t24?,25?,27-,33-/m1/s1. The number of hydrogen-bond acceptors (Lipinski definition) is 7. The highest BCUT2D eigenvalue weighted by molar-refractivity contribution is 7.88. The van der Waals surface area contributed by atoms with Gasteiger partial charge in [-0.3, -0.25) is 9.80 Å². The van der Waals surface area contributed by atoms with Crippen LogP contribution in [-0.2, 0) is 10.0 Å². The molecule has 3 heterocycles. The molecule has 0 radical (unpaired) electrons. The van der Waals surface area contributed by atoms with Crippen LogP contribution in [-0.4, -0.2) is 87.0 Å². The summed E-state index contributed by atoms with van der Waals surface area (Å²) in [6, 6.07) is 12.3. The Morgan fingerprint density at radius 1 is 0.955 bits per heavy atom. The molecular weight excluding hydrogens is 574 g/mol. The minimum absolute atomic E-state index is 0.0319. The van der Waals surface area contributed by atoms with E-state index in [9.17, 15) is 13.2 Å². The minimum atomic E-state index is -3.31. The second-order valence-electron chi connectivity index (χ2n) is 14.6. The third-order valence-corrected chi connectivity index (χ3v) is 11.0. The topological polar surface area (TPSA) is 101 Å². The smallest absolute Gasteiger partial charge is 0.322 e. The SMILES string of the molecule is CC(C)(C)N1CCN(c2ccc(N3CCN(C(=O)N[C@@H]4CCC5CC4C[C@](C)(NS(C)(=O)=O)C5)c4ccccc43)nc2)CC1. The number of carbonyl (C=O) groups is 1. The predicted molar refractivity (Wildman–Crippen MR) is 177 cm³/mol. The van der Waals surface area contributed by atoms with Gasteiger partial charge < -0.3 is 15.1 Å². The molecule has 2 saturated carbocycles. The van der Waals surface area contributed by atoms with Gasteiger partial charge in [-0.05, 0) is 95.9 Å².